The first-order valence-electron chi connectivity index (χ1n) is 19.4. The number of nitrogens with zero attached hydrogens (tertiary/aromatic N) is 4. The number of hydrogen-bond acceptors (Lipinski definition) is 11. The van der Waals surface area contributed by atoms with Crippen LogP contribution in [0.1, 0.15) is 60.6 Å². The number of ketones is 1. The molecule has 9 nitrogen and oxygen atoms in total. The Bertz CT molecular complexity index is 2010. The SMILES string of the molecule is O=C(C(COc1ccccc1)N1CCCC[C@@H]1c1nc(-c2ccc(O)cc2)cs1)C(COc1ccccc1)N1CCCC[C@@H]1c1nc(-c2ccc(O)cc2)cs1. The number of aromatic hydroxyl groups is 2. The maximum Gasteiger partial charge on any atom is 0.174 e. The molecule has 4 heterocycles. The summed E-state index contributed by atoms with van der Waals surface area (Å²) in [5, 5.41) is 25.9. The number of hydrogen-bond donors (Lipinski definition) is 2. The first kappa shape index (κ1) is 37.8. The second-order valence-electron chi connectivity index (χ2n) is 14.4. The van der Waals surface area contributed by atoms with Crippen LogP contribution in [0.5, 0.6) is 23.0 Å². The predicted octanol–water partition coefficient (Wildman–Crippen LogP) is 9.56. The quantitative estimate of drug-likeness (QED) is 0.112. The van der Waals surface area contributed by atoms with Gasteiger partial charge in [0.25, 0.3) is 0 Å². The average Bonchev–Trinajstić information content (AvgIpc) is 3.94. The zero-order valence-electron chi connectivity index (χ0n) is 31.2. The summed E-state index contributed by atoms with van der Waals surface area (Å²) in [6.07, 6.45) is 5.79. The lowest BCUT2D eigenvalue weighted by Gasteiger charge is -2.44. The third kappa shape index (κ3) is 8.81. The monoisotopic (exact) mass is 786 g/mol. The minimum atomic E-state index is -0.572. The van der Waals surface area contributed by atoms with Crippen molar-refractivity contribution < 1.29 is 24.5 Å². The number of rotatable bonds is 14. The van der Waals surface area contributed by atoms with Gasteiger partial charge in [0, 0.05) is 21.9 Å². The second-order valence-corrected chi connectivity index (χ2v) is 16.2. The van der Waals surface area contributed by atoms with E-state index in [1.165, 1.54) is 0 Å². The summed E-state index contributed by atoms with van der Waals surface area (Å²) in [5.74, 6) is 1.95. The Hall–Kier alpha value is -5.07. The zero-order chi connectivity index (χ0) is 38.3. The average molecular weight is 787 g/mol. The van der Waals surface area contributed by atoms with Crippen LogP contribution in [0.3, 0.4) is 0 Å². The number of ether oxygens (including phenoxy) is 2. The van der Waals surface area contributed by atoms with Gasteiger partial charge in [-0.1, -0.05) is 49.2 Å². The largest absolute Gasteiger partial charge is 0.508 e. The molecule has 8 rings (SSSR count). The van der Waals surface area contributed by atoms with Crippen LogP contribution < -0.4 is 9.47 Å². The maximum absolute atomic E-state index is 15.6. The minimum absolute atomic E-state index is 0.0624. The van der Waals surface area contributed by atoms with Crippen molar-refractivity contribution in [2.45, 2.75) is 62.7 Å². The van der Waals surface area contributed by atoms with Gasteiger partial charge in [0.1, 0.15) is 58.3 Å². The van der Waals surface area contributed by atoms with E-state index in [0.717, 1.165) is 95.6 Å². The van der Waals surface area contributed by atoms with Crippen molar-refractivity contribution in [2.24, 2.45) is 0 Å². The van der Waals surface area contributed by atoms with Gasteiger partial charge >= 0.3 is 0 Å². The molecule has 0 amide bonds. The molecule has 0 spiro atoms. The van der Waals surface area contributed by atoms with Gasteiger partial charge in [-0.15, -0.1) is 22.7 Å². The van der Waals surface area contributed by atoms with E-state index >= 15 is 4.79 Å². The van der Waals surface area contributed by atoms with Gasteiger partial charge in [-0.3, -0.25) is 14.6 Å². The Morgan fingerprint density at radius 1 is 0.607 bits per heavy atom. The number of carbonyl (C=O) groups is 1. The topological polar surface area (TPSA) is 108 Å². The summed E-state index contributed by atoms with van der Waals surface area (Å²) in [6, 6.07) is 32.5. The second kappa shape index (κ2) is 17.8. The maximum atomic E-state index is 15.6. The number of benzene rings is 4. The Kier molecular flexibility index (Phi) is 12.0. The first-order valence-corrected chi connectivity index (χ1v) is 21.2. The molecule has 0 radical (unpaired) electrons. The van der Waals surface area contributed by atoms with Crippen LogP contribution in [0, 0.1) is 0 Å². The number of phenolic OH excluding ortho intramolecular Hbond substituents is 2. The molecule has 2 unspecified atom stereocenters. The van der Waals surface area contributed by atoms with Gasteiger partial charge in [0.15, 0.2) is 5.78 Å². The van der Waals surface area contributed by atoms with Crippen LogP contribution in [0.15, 0.2) is 120 Å². The summed E-state index contributed by atoms with van der Waals surface area (Å²) in [4.78, 5) is 30.6. The van der Waals surface area contributed by atoms with Crippen molar-refractivity contribution in [3.05, 3.63) is 130 Å². The molecule has 0 aliphatic carbocycles. The van der Waals surface area contributed by atoms with E-state index in [1.807, 2.05) is 84.9 Å². The van der Waals surface area contributed by atoms with Gasteiger partial charge in [-0.25, -0.2) is 9.97 Å². The summed E-state index contributed by atoms with van der Waals surface area (Å²) >= 11 is 3.24. The van der Waals surface area contributed by atoms with Crippen molar-refractivity contribution in [2.75, 3.05) is 26.3 Å². The molecule has 2 fully saturated rings. The fourth-order valence-corrected chi connectivity index (χ4v) is 9.85. The van der Waals surface area contributed by atoms with E-state index in [-0.39, 0.29) is 42.6 Å². The number of likely N-dealkylation sites (tertiary alicyclic amines) is 2. The molecule has 56 heavy (non-hydrogen) atoms. The van der Waals surface area contributed by atoms with Crippen molar-refractivity contribution in [3.63, 3.8) is 0 Å². The number of para-hydroxylation sites is 2. The molecule has 11 heteroatoms. The van der Waals surface area contributed by atoms with Gasteiger partial charge < -0.3 is 19.7 Å². The lowest BCUT2D eigenvalue weighted by Crippen LogP contribution is -2.58. The Balaban J connectivity index is 1.14. The highest BCUT2D eigenvalue weighted by molar-refractivity contribution is 7.10. The fourth-order valence-electron chi connectivity index (χ4n) is 7.88. The molecule has 2 aliphatic rings. The van der Waals surface area contributed by atoms with Gasteiger partial charge in [0.2, 0.25) is 0 Å². The molecule has 288 valence electrons. The van der Waals surface area contributed by atoms with Crippen LogP contribution in [0.2, 0.25) is 0 Å². The number of Topliss-reactive ketones (excluding diaryl/α,β-unsaturated/α-hetero) is 1. The van der Waals surface area contributed by atoms with Crippen molar-refractivity contribution in [3.8, 4) is 45.5 Å². The van der Waals surface area contributed by atoms with E-state index in [0.29, 0.717) is 0 Å². The van der Waals surface area contributed by atoms with Gasteiger partial charge in [-0.2, -0.15) is 0 Å². The lowest BCUT2D eigenvalue weighted by molar-refractivity contribution is -0.136. The molecule has 2 N–H and O–H groups in total. The van der Waals surface area contributed by atoms with E-state index in [2.05, 4.69) is 20.6 Å². The van der Waals surface area contributed by atoms with Crippen LogP contribution >= 0.6 is 22.7 Å². The van der Waals surface area contributed by atoms with Crippen molar-refractivity contribution in [1.82, 2.24) is 19.8 Å². The normalized spacial score (nSPS) is 18.9. The van der Waals surface area contributed by atoms with E-state index in [9.17, 15) is 10.2 Å². The summed E-state index contributed by atoms with van der Waals surface area (Å²) in [5.41, 5.74) is 3.61. The van der Waals surface area contributed by atoms with Crippen LogP contribution in [-0.4, -0.2) is 74.2 Å². The Morgan fingerprint density at radius 2 is 1.02 bits per heavy atom. The highest BCUT2D eigenvalue weighted by atomic mass is 32.1. The fraction of sp³-hybridized carbons (Fsp3) is 0.311. The third-order valence-corrected chi connectivity index (χ3v) is 12.7. The smallest absolute Gasteiger partial charge is 0.174 e. The standard InChI is InChI=1S/C45H46N4O5S2/c50-33-21-17-31(18-22-33)37-29-55-44(46-37)39-15-7-9-25-48(39)41(27-53-35-11-3-1-4-12-35)43(52)42(28-54-36-13-5-2-6-14-36)49-26-10-8-16-40(49)45-47-38(30-56-45)32-19-23-34(51)24-20-32/h1-6,11-14,17-24,29-30,39-42,50-51H,7-10,15-16,25-28H2/t39-,40-,41?,42?/m1/s1. The van der Waals surface area contributed by atoms with E-state index in [1.54, 1.807) is 46.9 Å². The number of aromatic nitrogens is 2. The molecule has 2 aromatic heterocycles. The molecule has 0 bridgehead atoms. The highest BCUT2D eigenvalue weighted by Crippen LogP contribution is 2.40. The number of phenols is 2. The molecular weight excluding hydrogens is 741 g/mol. The lowest BCUT2D eigenvalue weighted by atomic mass is 9.93. The third-order valence-electron chi connectivity index (χ3n) is 10.8. The molecule has 6 aromatic rings. The van der Waals surface area contributed by atoms with E-state index < -0.39 is 12.1 Å². The number of thiazole rings is 2. The van der Waals surface area contributed by atoms with Crippen molar-refractivity contribution in [1.29, 1.82) is 0 Å². The molecule has 4 aromatic carbocycles. The zero-order valence-corrected chi connectivity index (χ0v) is 32.8. The number of piperidine rings is 2. The van der Waals surface area contributed by atoms with E-state index in [4.69, 9.17) is 19.4 Å². The highest BCUT2D eigenvalue weighted by Gasteiger charge is 2.43. The molecule has 2 saturated heterocycles. The van der Waals surface area contributed by atoms with Gasteiger partial charge in [0.05, 0.1) is 23.5 Å². The summed E-state index contributed by atoms with van der Waals surface area (Å²) in [7, 11) is 0. The number of carbonyl (C=O) groups excluding carboxylic acids is 1. The van der Waals surface area contributed by atoms with Crippen LogP contribution in [-0.2, 0) is 4.79 Å². The van der Waals surface area contributed by atoms with Gasteiger partial charge in [-0.05, 0) is 112 Å². The minimum Gasteiger partial charge on any atom is -0.508 e. The molecular formula is C45H46N4O5S2. The van der Waals surface area contributed by atoms with Crippen LogP contribution in [0.25, 0.3) is 22.5 Å². The van der Waals surface area contributed by atoms with Crippen LogP contribution in [0.4, 0.5) is 0 Å². The Labute approximate surface area is 335 Å². The summed E-state index contributed by atoms with van der Waals surface area (Å²) < 4.78 is 13.0. The molecule has 4 atom stereocenters. The first-order chi connectivity index (χ1) is 27.5. The Morgan fingerprint density at radius 3 is 1.43 bits per heavy atom. The summed E-state index contributed by atoms with van der Waals surface area (Å²) in [6.45, 7) is 1.87. The predicted molar refractivity (Wildman–Crippen MR) is 221 cm³/mol. The van der Waals surface area contributed by atoms with Crippen molar-refractivity contribution >= 4 is 28.5 Å². The molecule has 0 saturated carbocycles. The molecule has 2 aliphatic heterocycles.